The maximum Gasteiger partial charge on any atom is 0.416 e. The van der Waals surface area contributed by atoms with Gasteiger partial charge in [0.1, 0.15) is 12.1 Å². The maximum atomic E-state index is 13.4. The number of aliphatic hydroxyl groups is 1. The summed E-state index contributed by atoms with van der Waals surface area (Å²) in [6.07, 6.45) is -0.251. The highest BCUT2D eigenvalue weighted by Crippen LogP contribution is 2.40. The van der Waals surface area contributed by atoms with Gasteiger partial charge in [-0.1, -0.05) is 18.2 Å². The van der Waals surface area contributed by atoms with Gasteiger partial charge in [0.15, 0.2) is 0 Å². The summed E-state index contributed by atoms with van der Waals surface area (Å²) in [6.45, 7) is 0. The summed E-state index contributed by atoms with van der Waals surface area (Å²) in [6, 6.07) is 11.6. The molecule has 2 N–H and O–H groups in total. The van der Waals surface area contributed by atoms with Crippen LogP contribution in [0.2, 0.25) is 0 Å². The second kappa shape index (κ2) is 7.78. The third kappa shape index (κ3) is 4.02. The molecule has 1 fully saturated rings. The first-order valence-corrected chi connectivity index (χ1v) is 10.6. The predicted octanol–water partition coefficient (Wildman–Crippen LogP) is 4.96. The molecule has 2 aliphatic carbocycles. The van der Waals surface area contributed by atoms with E-state index >= 15 is 0 Å². The number of hydrogen-bond acceptors (Lipinski definition) is 5. The number of alkyl halides is 3. The lowest BCUT2D eigenvalue weighted by atomic mass is 10.0. The summed E-state index contributed by atoms with van der Waals surface area (Å²) in [5.41, 5.74) is 4.05. The summed E-state index contributed by atoms with van der Waals surface area (Å²) >= 11 is 0. The molecule has 1 saturated carbocycles. The van der Waals surface area contributed by atoms with Crippen LogP contribution in [0.1, 0.15) is 29.5 Å². The van der Waals surface area contributed by atoms with Crippen molar-refractivity contribution in [3.05, 3.63) is 65.5 Å². The Bertz CT molecular complexity index is 1160. The van der Waals surface area contributed by atoms with Gasteiger partial charge in [-0.25, -0.2) is 9.97 Å². The van der Waals surface area contributed by atoms with E-state index < -0.39 is 11.7 Å². The van der Waals surface area contributed by atoms with E-state index in [1.54, 1.807) is 6.07 Å². The van der Waals surface area contributed by atoms with E-state index in [1.165, 1.54) is 18.5 Å². The van der Waals surface area contributed by atoms with E-state index in [0.717, 1.165) is 35.7 Å². The van der Waals surface area contributed by atoms with E-state index in [2.05, 4.69) is 15.3 Å². The van der Waals surface area contributed by atoms with Gasteiger partial charge < -0.3 is 15.3 Å². The number of hydrogen-bond donors (Lipinski definition) is 2. The Hall–Kier alpha value is -3.13. The van der Waals surface area contributed by atoms with Crippen LogP contribution in [0.4, 0.5) is 30.4 Å². The molecular formula is C24H23F3N4O. The standard InChI is InChI=1S/C24H23F3N4O/c1-31(16-6-7-16)22-10-15(24(25,26)27)5-8-18(22)21-12-23(29-13-28-21)30-20-4-2-3-14-9-17(32)11-19(14)20/h2-5,8,10,12-13,16-17,32H,6-7,9,11H2,1H3,(H,28,29,30)/t17-/m0/s1. The van der Waals surface area contributed by atoms with Crippen LogP contribution in [0.3, 0.4) is 0 Å². The quantitative estimate of drug-likeness (QED) is 0.587. The molecular weight excluding hydrogens is 417 g/mol. The summed E-state index contributed by atoms with van der Waals surface area (Å²) < 4.78 is 40.1. The first-order valence-electron chi connectivity index (χ1n) is 10.6. The smallest absolute Gasteiger partial charge is 0.392 e. The Labute approximate surface area is 183 Å². The van der Waals surface area contributed by atoms with Gasteiger partial charge in [-0.05, 0) is 48.6 Å². The van der Waals surface area contributed by atoms with Crippen molar-refractivity contribution in [2.75, 3.05) is 17.3 Å². The molecule has 0 unspecified atom stereocenters. The molecule has 1 heterocycles. The minimum atomic E-state index is -4.41. The number of nitrogens with one attached hydrogen (secondary N) is 1. The summed E-state index contributed by atoms with van der Waals surface area (Å²) in [7, 11) is 1.83. The lowest BCUT2D eigenvalue weighted by molar-refractivity contribution is -0.137. The molecule has 5 nitrogen and oxygen atoms in total. The molecule has 32 heavy (non-hydrogen) atoms. The molecule has 0 aliphatic heterocycles. The molecule has 0 amide bonds. The zero-order valence-electron chi connectivity index (χ0n) is 17.5. The van der Waals surface area contributed by atoms with Crippen molar-refractivity contribution in [3.8, 4) is 11.3 Å². The minimum Gasteiger partial charge on any atom is -0.392 e. The van der Waals surface area contributed by atoms with Gasteiger partial charge in [0, 0.05) is 42.5 Å². The van der Waals surface area contributed by atoms with Crippen LogP contribution in [-0.2, 0) is 19.0 Å². The van der Waals surface area contributed by atoms with Crippen molar-refractivity contribution in [2.45, 2.75) is 44.0 Å². The lowest BCUT2D eigenvalue weighted by Gasteiger charge is -2.23. The predicted molar refractivity (Wildman–Crippen MR) is 117 cm³/mol. The molecule has 2 aliphatic rings. The van der Waals surface area contributed by atoms with Gasteiger partial charge in [-0.15, -0.1) is 0 Å². The van der Waals surface area contributed by atoms with Gasteiger partial charge in [-0.3, -0.25) is 0 Å². The fourth-order valence-corrected chi connectivity index (χ4v) is 4.33. The van der Waals surface area contributed by atoms with Gasteiger partial charge >= 0.3 is 6.18 Å². The van der Waals surface area contributed by atoms with Crippen molar-refractivity contribution in [1.29, 1.82) is 0 Å². The van der Waals surface area contributed by atoms with Crippen LogP contribution in [-0.4, -0.2) is 34.3 Å². The van der Waals surface area contributed by atoms with Crippen LogP contribution in [0, 0.1) is 0 Å². The molecule has 0 radical (unpaired) electrons. The number of fused-ring (bicyclic) bond motifs is 1. The van der Waals surface area contributed by atoms with E-state index in [9.17, 15) is 18.3 Å². The maximum absolute atomic E-state index is 13.4. The Balaban J connectivity index is 1.50. The lowest BCUT2D eigenvalue weighted by Crippen LogP contribution is -2.21. The molecule has 1 aromatic heterocycles. The average molecular weight is 440 g/mol. The number of halogens is 3. The van der Waals surface area contributed by atoms with Crippen molar-refractivity contribution >= 4 is 17.2 Å². The largest absolute Gasteiger partial charge is 0.416 e. The van der Waals surface area contributed by atoms with Gasteiger partial charge in [0.25, 0.3) is 0 Å². The van der Waals surface area contributed by atoms with Crippen LogP contribution >= 0.6 is 0 Å². The Morgan fingerprint density at radius 1 is 1.06 bits per heavy atom. The van der Waals surface area contributed by atoms with Crippen LogP contribution in [0.25, 0.3) is 11.3 Å². The Kier molecular flexibility index (Phi) is 5.04. The van der Waals surface area contributed by atoms with Gasteiger partial charge in [0.05, 0.1) is 17.4 Å². The summed E-state index contributed by atoms with van der Waals surface area (Å²) in [5.74, 6) is 0.546. The highest BCUT2D eigenvalue weighted by atomic mass is 19.4. The average Bonchev–Trinajstić information content (AvgIpc) is 3.53. The zero-order chi connectivity index (χ0) is 22.5. The van der Waals surface area contributed by atoms with E-state index in [0.29, 0.717) is 35.6 Å². The number of benzene rings is 2. The normalized spacial score (nSPS) is 17.8. The molecule has 0 spiro atoms. The molecule has 1 atom stereocenters. The van der Waals surface area contributed by atoms with E-state index in [1.807, 2.05) is 30.1 Å². The molecule has 2 aromatic carbocycles. The molecule has 0 saturated heterocycles. The van der Waals surface area contributed by atoms with E-state index in [4.69, 9.17) is 0 Å². The SMILES string of the molecule is CN(c1cc(C(F)(F)F)ccc1-c1cc(Nc2cccc3c2C[C@@H](O)C3)ncn1)C1CC1. The third-order valence-corrected chi connectivity index (χ3v) is 6.17. The van der Waals surface area contributed by atoms with E-state index in [-0.39, 0.29) is 12.1 Å². The Morgan fingerprint density at radius 3 is 2.62 bits per heavy atom. The fraction of sp³-hybridized carbons (Fsp3) is 0.333. The van der Waals surface area contributed by atoms with Crippen molar-refractivity contribution in [2.24, 2.45) is 0 Å². The molecule has 5 rings (SSSR count). The minimum absolute atomic E-state index is 0.245. The highest BCUT2D eigenvalue weighted by molar-refractivity contribution is 5.79. The van der Waals surface area contributed by atoms with Crippen molar-refractivity contribution in [3.63, 3.8) is 0 Å². The van der Waals surface area contributed by atoms with Crippen LogP contribution < -0.4 is 10.2 Å². The number of aliphatic hydroxyl groups excluding tert-OH is 1. The number of aromatic nitrogens is 2. The number of nitrogens with zero attached hydrogens (tertiary/aromatic N) is 3. The van der Waals surface area contributed by atoms with Gasteiger partial charge in [-0.2, -0.15) is 13.2 Å². The number of anilines is 3. The zero-order valence-corrected chi connectivity index (χ0v) is 17.5. The van der Waals surface area contributed by atoms with Crippen molar-refractivity contribution in [1.82, 2.24) is 9.97 Å². The molecule has 3 aromatic rings. The summed E-state index contributed by atoms with van der Waals surface area (Å²) in [5, 5.41) is 13.3. The summed E-state index contributed by atoms with van der Waals surface area (Å²) in [4.78, 5) is 10.6. The second-order valence-corrected chi connectivity index (χ2v) is 8.49. The van der Waals surface area contributed by atoms with Crippen LogP contribution in [0.5, 0.6) is 0 Å². The fourth-order valence-electron chi connectivity index (χ4n) is 4.33. The van der Waals surface area contributed by atoms with Gasteiger partial charge in [0.2, 0.25) is 0 Å². The monoisotopic (exact) mass is 440 g/mol. The highest BCUT2D eigenvalue weighted by Gasteiger charge is 2.34. The second-order valence-electron chi connectivity index (χ2n) is 8.49. The first kappa shape index (κ1) is 20.8. The topological polar surface area (TPSA) is 61.3 Å². The molecule has 166 valence electrons. The third-order valence-electron chi connectivity index (χ3n) is 6.17. The first-order chi connectivity index (χ1) is 15.3. The molecule has 0 bridgehead atoms. The number of rotatable bonds is 5. The van der Waals surface area contributed by atoms with Crippen molar-refractivity contribution < 1.29 is 18.3 Å². The van der Waals surface area contributed by atoms with Crippen LogP contribution in [0.15, 0.2) is 48.8 Å². The Morgan fingerprint density at radius 2 is 1.88 bits per heavy atom. The molecule has 8 heteroatoms.